The molecule has 1 nitrogen and oxygen atoms in total. The van der Waals surface area contributed by atoms with Crippen LogP contribution in [0.1, 0.15) is 47.2 Å². The van der Waals surface area contributed by atoms with E-state index in [0.717, 1.165) is 17.1 Å². The van der Waals surface area contributed by atoms with Crippen LogP contribution in [-0.2, 0) is 5.41 Å². The summed E-state index contributed by atoms with van der Waals surface area (Å²) in [5.41, 5.74) is 13.3. The zero-order valence-electron chi connectivity index (χ0n) is 30.5. The predicted molar refractivity (Wildman–Crippen MR) is 230 cm³/mol. The van der Waals surface area contributed by atoms with Crippen molar-refractivity contribution in [2.24, 2.45) is 0 Å². The Hall–Kier alpha value is -6.70. The highest BCUT2D eigenvalue weighted by Gasteiger charge is 2.34. The Kier molecular flexibility index (Phi) is 7.56. The van der Waals surface area contributed by atoms with Crippen LogP contribution in [0.3, 0.4) is 0 Å². The third-order valence-electron chi connectivity index (χ3n) is 11.4. The molecule has 0 bridgehead atoms. The van der Waals surface area contributed by atoms with Crippen molar-refractivity contribution in [2.45, 2.75) is 19.3 Å². The van der Waals surface area contributed by atoms with E-state index in [1.807, 2.05) is 0 Å². The van der Waals surface area contributed by atoms with Crippen molar-refractivity contribution >= 4 is 60.5 Å². The average molecular weight is 690 g/mol. The normalized spacial score (nSPS) is 13.4. The van der Waals surface area contributed by atoms with E-state index in [1.165, 1.54) is 76.8 Å². The van der Waals surface area contributed by atoms with Gasteiger partial charge in [0.1, 0.15) is 0 Å². The Morgan fingerprint density at radius 1 is 0.333 bits per heavy atom. The number of hydrogen-bond donors (Lipinski definition) is 0. The van der Waals surface area contributed by atoms with Crippen LogP contribution in [0.4, 0.5) is 17.1 Å². The van der Waals surface area contributed by atoms with Crippen LogP contribution >= 0.6 is 0 Å². The SMILES string of the molecule is CC1(C)c2cccc3ccc4cc(/C(=C(\c5ccccc5)c5ccc(N(c6ccccc6)c6ccc7ccccc7c6)cc5)c5ccccc5)cc1c4c23. The minimum Gasteiger partial charge on any atom is -0.310 e. The molecular weight excluding hydrogens is 651 g/mol. The molecule has 256 valence electrons. The summed E-state index contributed by atoms with van der Waals surface area (Å²) in [6, 6.07) is 73.3. The van der Waals surface area contributed by atoms with Gasteiger partial charge in [0.15, 0.2) is 0 Å². The van der Waals surface area contributed by atoms with Crippen LogP contribution in [0.5, 0.6) is 0 Å². The quantitative estimate of drug-likeness (QED) is 0.119. The molecule has 0 saturated heterocycles. The lowest BCUT2D eigenvalue weighted by Crippen LogP contribution is -2.15. The molecule has 1 aliphatic rings. The van der Waals surface area contributed by atoms with Crippen LogP contribution in [0.2, 0.25) is 0 Å². The van der Waals surface area contributed by atoms with E-state index in [-0.39, 0.29) is 5.41 Å². The van der Waals surface area contributed by atoms with Crippen molar-refractivity contribution in [1.29, 1.82) is 0 Å². The van der Waals surface area contributed by atoms with Crippen LogP contribution in [0, 0.1) is 0 Å². The zero-order valence-corrected chi connectivity index (χ0v) is 30.5. The van der Waals surface area contributed by atoms with Gasteiger partial charge in [0.25, 0.3) is 0 Å². The number of para-hydroxylation sites is 1. The molecule has 0 N–H and O–H groups in total. The van der Waals surface area contributed by atoms with E-state index in [4.69, 9.17) is 0 Å². The molecule has 0 saturated carbocycles. The lowest BCUT2D eigenvalue weighted by Gasteiger charge is -2.26. The third kappa shape index (κ3) is 5.24. The lowest BCUT2D eigenvalue weighted by molar-refractivity contribution is 0.662. The van der Waals surface area contributed by atoms with Crippen molar-refractivity contribution in [3.05, 3.63) is 234 Å². The van der Waals surface area contributed by atoms with E-state index in [2.05, 4.69) is 219 Å². The second-order valence-corrected chi connectivity index (χ2v) is 14.9. The summed E-state index contributed by atoms with van der Waals surface area (Å²) in [7, 11) is 0. The maximum absolute atomic E-state index is 2.48. The van der Waals surface area contributed by atoms with Crippen molar-refractivity contribution in [1.82, 2.24) is 0 Å². The van der Waals surface area contributed by atoms with Crippen molar-refractivity contribution in [3.8, 4) is 0 Å². The van der Waals surface area contributed by atoms with Gasteiger partial charge in [0, 0.05) is 22.5 Å². The fourth-order valence-electron chi connectivity index (χ4n) is 8.78. The summed E-state index contributed by atoms with van der Waals surface area (Å²) < 4.78 is 0. The molecule has 1 aliphatic carbocycles. The summed E-state index contributed by atoms with van der Waals surface area (Å²) in [6.45, 7) is 4.77. The number of nitrogens with zero attached hydrogens (tertiary/aromatic N) is 1. The largest absolute Gasteiger partial charge is 0.310 e. The summed E-state index contributed by atoms with van der Waals surface area (Å²) in [4.78, 5) is 2.35. The molecule has 9 aromatic carbocycles. The molecule has 0 amide bonds. The Morgan fingerprint density at radius 2 is 0.833 bits per heavy atom. The Bertz CT molecular complexity index is 2870. The smallest absolute Gasteiger partial charge is 0.0468 e. The predicted octanol–water partition coefficient (Wildman–Crippen LogP) is 14.3. The number of benzene rings is 9. The van der Waals surface area contributed by atoms with Gasteiger partial charge in [-0.05, 0) is 125 Å². The lowest BCUT2D eigenvalue weighted by atomic mass is 9.79. The molecule has 0 fully saturated rings. The van der Waals surface area contributed by atoms with Crippen molar-refractivity contribution in [3.63, 3.8) is 0 Å². The molecule has 0 spiro atoms. The van der Waals surface area contributed by atoms with Gasteiger partial charge in [0.2, 0.25) is 0 Å². The summed E-state index contributed by atoms with van der Waals surface area (Å²) in [6.07, 6.45) is 0. The molecule has 10 rings (SSSR count). The Balaban J connectivity index is 1.20. The van der Waals surface area contributed by atoms with Gasteiger partial charge in [-0.3, -0.25) is 0 Å². The van der Waals surface area contributed by atoms with Crippen LogP contribution in [0.15, 0.2) is 200 Å². The van der Waals surface area contributed by atoms with Gasteiger partial charge in [-0.2, -0.15) is 0 Å². The Labute approximate surface area is 317 Å². The van der Waals surface area contributed by atoms with Crippen LogP contribution < -0.4 is 4.90 Å². The van der Waals surface area contributed by atoms with E-state index in [0.29, 0.717) is 0 Å². The van der Waals surface area contributed by atoms with Gasteiger partial charge < -0.3 is 4.90 Å². The first kappa shape index (κ1) is 32.0. The van der Waals surface area contributed by atoms with E-state index in [9.17, 15) is 0 Å². The summed E-state index contributed by atoms with van der Waals surface area (Å²) in [5, 5.41) is 7.86. The molecule has 0 atom stereocenters. The van der Waals surface area contributed by atoms with Crippen LogP contribution in [-0.4, -0.2) is 0 Å². The molecule has 0 aliphatic heterocycles. The monoisotopic (exact) mass is 689 g/mol. The number of anilines is 3. The van der Waals surface area contributed by atoms with Crippen LogP contribution in [0.25, 0.3) is 43.5 Å². The fourth-order valence-corrected chi connectivity index (χ4v) is 8.78. The molecule has 0 aromatic heterocycles. The second kappa shape index (κ2) is 12.8. The molecule has 1 heteroatoms. The maximum atomic E-state index is 2.48. The topological polar surface area (TPSA) is 3.24 Å². The molecule has 0 radical (unpaired) electrons. The van der Waals surface area contributed by atoms with Gasteiger partial charge in [-0.15, -0.1) is 0 Å². The zero-order chi connectivity index (χ0) is 36.2. The highest BCUT2D eigenvalue weighted by Crippen LogP contribution is 2.50. The maximum Gasteiger partial charge on any atom is 0.0468 e. The standard InChI is InChI=1S/C53H39N/c1-53(2)47-24-14-21-39-25-26-42-33-43(35-48(53)52(42)51(39)47)50(38-18-8-4-9-19-38)49(37-16-6-3-7-17-37)40-28-30-45(31-29-40)54(44-22-10-5-11-23-44)46-32-27-36-15-12-13-20-41(36)34-46/h3-35H,1-2H3/b50-49+. The average Bonchev–Trinajstić information content (AvgIpc) is 3.47. The first-order valence-electron chi connectivity index (χ1n) is 18.8. The van der Waals surface area contributed by atoms with Gasteiger partial charge in [0.05, 0.1) is 0 Å². The minimum absolute atomic E-state index is 0.114. The highest BCUT2D eigenvalue weighted by molar-refractivity contribution is 6.16. The van der Waals surface area contributed by atoms with Crippen molar-refractivity contribution in [2.75, 3.05) is 4.90 Å². The fraction of sp³-hybridized carbons (Fsp3) is 0.0566. The second-order valence-electron chi connectivity index (χ2n) is 14.9. The number of rotatable bonds is 7. The first-order chi connectivity index (χ1) is 26.5. The molecule has 9 aromatic rings. The van der Waals surface area contributed by atoms with E-state index >= 15 is 0 Å². The summed E-state index contributed by atoms with van der Waals surface area (Å²) in [5.74, 6) is 0. The molecular formula is C53H39N. The first-order valence-corrected chi connectivity index (χ1v) is 18.8. The number of fused-ring (bicyclic) bond motifs is 1. The third-order valence-corrected chi connectivity index (χ3v) is 11.4. The molecule has 0 unspecified atom stereocenters. The van der Waals surface area contributed by atoms with E-state index in [1.54, 1.807) is 0 Å². The number of hydrogen-bond acceptors (Lipinski definition) is 1. The van der Waals surface area contributed by atoms with Gasteiger partial charge in [-0.1, -0.05) is 166 Å². The minimum atomic E-state index is -0.114. The Morgan fingerprint density at radius 3 is 1.54 bits per heavy atom. The highest BCUT2D eigenvalue weighted by atomic mass is 15.1. The van der Waals surface area contributed by atoms with Gasteiger partial charge >= 0.3 is 0 Å². The van der Waals surface area contributed by atoms with Crippen molar-refractivity contribution < 1.29 is 0 Å². The molecule has 54 heavy (non-hydrogen) atoms. The van der Waals surface area contributed by atoms with Gasteiger partial charge in [-0.25, -0.2) is 0 Å². The summed E-state index contributed by atoms with van der Waals surface area (Å²) >= 11 is 0. The molecule has 0 heterocycles. The van der Waals surface area contributed by atoms with E-state index < -0.39 is 0 Å².